The first-order valence-corrected chi connectivity index (χ1v) is 6.11. The molecule has 1 aliphatic rings. The number of hydrogen-bond donors (Lipinski definition) is 2. The first-order chi connectivity index (χ1) is 7.78. The Morgan fingerprint density at radius 3 is 3.06 bits per heavy atom. The van der Waals surface area contributed by atoms with Gasteiger partial charge in [0.25, 0.3) is 0 Å². The van der Waals surface area contributed by atoms with Gasteiger partial charge in [-0.3, -0.25) is 4.68 Å². The molecule has 1 aromatic heterocycles. The first kappa shape index (κ1) is 11.6. The molecule has 0 saturated carbocycles. The third-order valence-electron chi connectivity index (χ3n) is 3.49. The molecule has 0 amide bonds. The molecule has 1 aliphatic heterocycles. The molecule has 0 aromatic carbocycles. The van der Waals surface area contributed by atoms with E-state index in [9.17, 15) is 5.11 Å². The molecule has 1 unspecified atom stereocenters. The van der Waals surface area contributed by atoms with Gasteiger partial charge in [0.15, 0.2) is 0 Å². The summed E-state index contributed by atoms with van der Waals surface area (Å²) >= 11 is 0. The number of aromatic nitrogens is 2. The van der Waals surface area contributed by atoms with E-state index in [1.54, 1.807) is 0 Å². The fourth-order valence-electron chi connectivity index (χ4n) is 2.48. The van der Waals surface area contributed by atoms with Gasteiger partial charge in [-0.15, -0.1) is 0 Å². The minimum atomic E-state index is 0.0276. The molecule has 0 bridgehead atoms. The number of rotatable bonds is 4. The lowest BCUT2D eigenvalue weighted by molar-refractivity contribution is 0.0948. The summed E-state index contributed by atoms with van der Waals surface area (Å²) in [5, 5.41) is 17.3. The van der Waals surface area contributed by atoms with Gasteiger partial charge in [-0.2, -0.15) is 5.10 Å². The minimum Gasteiger partial charge on any atom is -0.396 e. The highest BCUT2D eigenvalue weighted by Crippen LogP contribution is 2.29. The normalized spacial score (nSPS) is 25.9. The van der Waals surface area contributed by atoms with E-state index in [0.29, 0.717) is 0 Å². The number of piperidine rings is 1. The van der Waals surface area contributed by atoms with E-state index in [2.05, 4.69) is 23.5 Å². The largest absolute Gasteiger partial charge is 0.396 e. The molecule has 4 heteroatoms. The molecule has 0 spiro atoms. The van der Waals surface area contributed by atoms with Gasteiger partial charge >= 0.3 is 0 Å². The summed E-state index contributed by atoms with van der Waals surface area (Å²) in [7, 11) is 0. The summed E-state index contributed by atoms with van der Waals surface area (Å²) in [6, 6.07) is 0. The second-order valence-electron chi connectivity index (χ2n) is 4.82. The Hall–Kier alpha value is -0.870. The van der Waals surface area contributed by atoms with Crippen molar-refractivity contribution in [3.05, 3.63) is 18.0 Å². The molecular weight excluding hydrogens is 202 g/mol. The lowest BCUT2D eigenvalue weighted by Crippen LogP contribution is -2.43. The molecule has 90 valence electrons. The Balaban J connectivity index is 2.05. The standard InChI is InChI=1S/C12H21N3O/c1-2-15-8-11(7-14-15)6-12(10-16)4-3-5-13-9-12/h7-8,13,16H,2-6,9-10H2,1H3. The van der Waals surface area contributed by atoms with Crippen LogP contribution in [0.4, 0.5) is 0 Å². The van der Waals surface area contributed by atoms with Crippen LogP contribution in [-0.2, 0) is 13.0 Å². The average Bonchev–Trinajstić information content (AvgIpc) is 2.78. The highest BCUT2D eigenvalue weighted by Gasteiger charge is 2.31. The monoisotopic (exact) mass is 223 g/mol. The molecule has 2 rings (SSSR count). The van der Waals surface area contributed by atoms with E-state index < -0.39 is 0 Å². The van der Waals surface area contributed by atoms with E-state index in [-0.39, 0.29) is 12.0 Å². The van der Waals surface area contributed by atoms with Gasteiger partial charge in [-0.1, -0.05) is 0 Å². The van der Waals surface area contributed by atoms with Crippen LogP contribution in [0, 0.1) is 5.41 Å². The van der Waals surface area contributed by atoms with Gasteiger partial charge in [0.1, 0.15) is 0 Å². The lowest BCUT2D eigenvalue weighted by Gasteiger charge is -2.35. The van der Waals surface area contributed by atoms with Crippen molar-refractivity contribution in [2.75, 3.05) is 19.7 Å². The van der Waals surface area contributed by atoms with Crippen molar-refractivity contribution in [3.8, 4) is 0 Å². The molecule has 1 aromatic rings. The molecule has 1 saturated heterocycles. The Labute approximate surface area is 96.7 Å². The lowest BCUT2D eigenvalue weighted by atomic mass is 9.77. The van der Waals surface area contributed by atoms with Crippen molar-refractivity contribution in [2.45, 2.75) is 32.7 Å². The highest BCUT2D eigenvalue weighted by atomic mass is 16.3. The second kappa shape index (κ2) is 4.97. The fourth-order valence-corrected chi connectivity index (χ4v) is 2.48. The maximum atomic E-state index is 9.60. The van der Waals surface area contributed by atoms with Gasteiger partial charge in [0.2, 0.25) is 0 Å². The van der Waals surface area contributed by atoms with Gasteiger partial charge in [-0.25, -0.2) is 0 Å². The highest BCUT2D eigenvalue weighted by molar-refractivity contribution is 5.09. The van der Waals surface area contributed by atoms with Gasteiger partial charge in [0, 0.05) is 24.7 Å². The zero-order valence-corrected chi connectivity index (χ0v) is 9.95. The molecule has 0 aliphatic carbocycles. The summed E-state index contributed by atoms with van der Waals surface area (Å²) in [5.74, 6) is 0. The van der Waals surface area contributed by atoms with Crippen LogP contribution >= 0.6 is 0 Å². The van der Waals surface area contributed by atoms with Crippen molar-refractivity contribution in [1.29, 1.82) is 0 Å². The number of nitrogens with zero attached hydrogens (tertiary/aromatic N) is 2. The smallest absolute Gasteiger partial charge is 0.0521 e. The van der Waals surface area contributed by atoms with Crippen molar-refractivity contribution in [2.24, 2.45) is 5.41 Å². The van der Waals surface area contributed by atoms with Crippen LogP contribution in [-0.4, -0.2) is 34.6 Å². The Morgan fingerprint density at radius 2 is 2.50 bits per heavy atom. The number of aliphatic hydroxyl groups is 1. The van der Waals surface area contributed by atoms with E-state index in [1.165, 1.54) is 5.56 Å². The van der Waals surface area contributed by atoms with Crippen molar-refractivity contribution >= 4 is 0 Å². The van der Waals surface area contributed by atoms with E-state index >= 15 is 0 Å². The van der Waals surface area contributed by atoms with Crippen LogP contribution in [0.25, 0.3) is 0 Å². The number of nitrogens with one attached hydrogen (secondary N) is 1. The Morgan fingerprint density at radius 1 is 1.62 bits per heavy atom. The molecule has 1 fully saturated rings. The zero-order chi connectivity index (χ0) is 11.4. The van der Waals surface area contributed by atoms with Crippen LogP contribution in [0.2, 0.25) is 0 Å². The quantitative estimate of drug-likeness (QED) is 0.794. The summed E-state index contributed by atoms with van der Waals surface area (Å²) < 4.78 is 1.94. The molecule has 2 N–H and O–H groups in total. The molecule has 2 heterocycles. The maximum Gasteiger partial charge on any atom is 0.0521 e. The fraction of sp³-hybridized carbons (Fsp3) is 0.750. The van der Waals surface area contributed by atoms with Crippen molar-refractivity contribution in [1.82, 2.24) is 15.1 Å². The van der Waals surface area contributed by atoms with Crippen LogP contribution < -0.4 is 5.32 Å². The van der Waals surface area contributed by atoms with Gasteiger partial charge in [-0.05, 0) is 38.3 Å². The number of hydrogen-bond acceptors (Lipinski definition) is 3. The molecule has 4 nitrogen and oxygen atoms in total. The zero-order valence-electron chi connectivity index (χ0n) is 9.95. The Kier molecular flexibility index (Phi) is 3.61. The number of aliphatic hydroxyl groups excluding tert-OH is 1. The van der Waals surface area contributed by atoms with Crippen LogP contribution in [0.1, 0.15) is 25.3 Å². The summed E-state index contributed by atoms with van der Waals surface area (Å²) in [4.78, 5) is 0. The van der Waals surface area contributed by atoms with Crippen molar-refractivity contribution < 1.29 is 5.11 Å². The van der Waals surface area contributed by atoms with Crippen LogP contribution in [0.15, 0.2) is 12.4 Å². The molecular formula is C12H21N3O. The molecule has 16 heavy (non-hydrogen) atoms. The summed E-state index contributed by atoms with van der Waals surface area (Å²) in [5.41, 5.74) is 1.26. The SMILES string of the molecule is CCn1cc(CC2(CO)CCCNC2)cn1. The third-order valence-corrected chi connectivity index (χ3v) is 3.49. The topological polar surface area (TPSA) is 50.1 Å². The van der Waals surface area contributed by atoms with Crippen LogP contribution in [0.3, 0.4) is 0 Å². The predicted octanol–water partition coefficient (Wildman–Crippen LogP) is 0.808. The van der Waals surface area contributed by atoms with E-state index in [0.717, 1.165) is 38.9 Å². The van der Waals surface area contributed by atoms with Gasteiger partial charge < -0.3 is 10.4 Å². The Bertz CT molecular complexity index is 329. The average molecular weight is 223 g/mol. The van der Waals surface area contributed by atoms with Crippen molar-refractivity contribution in [3.63, 3.8) is 0 Å². The summed E-state index contributed by atoms with van der Waals surface area (Å²) in [6.07, 6.45) is 7.20. The maximum absolute atomic E-state index is 9.60. The predicted molar refractivity (Wildman–Crippen MR) is 63.2 cm³/mol. The molecule has 1 atom stereocenters. The second-order valence-corrected chi connectivity index (χ2v) is 4.82. The van der Waals surface area contributed by atoms with E-state index in [1.807, 2.05) is 10.9 Å². The molecule has 0 radical (unpaired) electrons. The van der Waals surface area contributed by atoms with Crippen LogP contribution in [0.5, 0.6) is 0 Å². The first-order valence-electron chi connectivity index (χ1n) is 6.11. The van der Waals surface area contributed by atoms with E-state index in [4.69, 9.17) is 0 Å². The van der Waals surface area contributed by atoms with Gasteiger partial charge in [0.05, 0.1) is 12.8 Å². The third kappa shape index (κ3) is 2.44. The number of aryl methyl sites for hydroxylation is 1. The summed E-state index contributed by atoms with van der Waals surface area (Å²) in [6.45, 7) is 5.25. The minimum absolute atomic E-state index is 0.0276.